The largest absolute Gasteiger partial charge is 0.352 e. The normalized spacial score (nSPS) is 22.8. The molecule has 116 valence electrons. The van der Waals surface area contributed by atoms with E-state index in [0.29, 0.717) is 6.54 Å². The van der Waals surface area contributed by atoms with Crippen LogP contribution in [0.2, 0.25) is 0 Å². The van der Waals surface area contributed by atoms with E-state index in [1.54, 1.807) is 24.3 Å². The molecule has 1 saturated carbocycles. The molecule has 0 spiro atoms. The molecule has 3 N–H and O–H groups in total. The van der Waals surface area contributed by atoms with E-state index in [2.05, 4.69) is 5.32 Å². The van der Waals surface area contributed by atoms with Crippen LogP contribution in [-0.4, -0.2) is 26.6 Å². The molecule has 2 atom stereocenters. The van der Waals surface area contributed by atoms with Crippen LogP contribution in [0.25, 0.3) is 0 Å². The zero-order valence-corrected chi connectivity index (χ0v) is 13.0. The maximum atomic E-state index is 12.1. The summed E-state index contributed by atoms with van der Waals surface area (Å²) in [7, 11) is -3.18. The van der Waals surface area contributed by atoms with Crippen LogP contribution in [0.5, 0.6) is 0 Å². The van der Waals surface area contributed by atoms with Gasteiger partial charge in [-0.1, -0.05) is 25.0 Å². The Morgan fingerprint density at radius 2 is 1.86 bits per heavy atom. The van der Waals surface area contributed by atoms with Gasteiger partial charge in [0.15, 0.2) is 9.84 Å². The lowest BCUT2D eigenvalue weighted by molar-refractivity contribution is -0.126. The van der Waals surface area contributed by atoms with Crippen LogP contribution in [-0.2, 0) is 21.2 Å². The zero-order chi connectivity index (χ0) is 15.5. The van der Waals surface area contributed by atoms with E-state index in [9.17, 15) is 13.2 Å². The molecule has 0 aromatic heterocycles. The lowest BCUT2D eigenvalue weighted by atomic mass is 9.84. The van der Waals surface area contributed by atoms with E-state index in [4.69, 9.17) is 5.73 Å². The summed E-state index contributed by atoms with van der Waals surface area (Å²) < 4.78 is 22.7. The molecule has 1 amide bonds. The van der Waals surface area contributed by atoms with Crippen molar-refractivity contribution < 1.29 is 13.2 Å². The van der Waals surface area contributed by atoms with Gasteiger partial charge in [-0.15, -0.1) is 0 Å². The second-order valence-electron chi connectivity index (χ2n) is 5.69. The first-order chi connectivity index (χ1) is 9.88. The first-order valence-corrected chi connectivity index (χ1v) is 9.09. The monoisotopic (exact) mass is 310 g/mol. The predicted octanol–water partition coefficient (Wildman–Crippen LogP) is 1.22. The number of carbonyl (C=O) groups excluding carboxylic acids is 1. The third-order valence-corrected chi connectivity index (χ3v) is 5.10. The summed E-state index contributed by atoms with van der Waals surface area (Å²) in [5.41, 5.74) is 6.86. The third kappa shape index (κ3) is 4.28. The van der Waals surface area contributed by atoms with Gasteiger partial charge in [-0.3, -0.25) is 4.79 Å². The molecule has 1 aromatic rings. The maximum absolute atomic E-state index is 12.1. The van der Waals surface area contributed by atoms with Crippen LogP contribution >= 0.6 is 0 Å². The van der Waals surface area contributed by atoms with Crippen molar-refractivity contribution in [1.82, 2.24) is 5.32 Å². The van der Waals surface area contributed by atoms with Gasteiger partial charge in [0.05, 0.1) is 10.8 Å². The van der Waals surface area contributed by atoms with E-state index in [-0.39, 0.29) is 22.8 Å². The molecule has 0 bridgehead atoms. The van der Waals surface area contributed by atoms with Crippen LogP contribution in [0.15, 0.2) is 29.2 Å². The van der Waals surface area contributed by atoms with Crippen molar-refractivity contribution in [3.05, 3.63) is 29.8 Å². The molecule has 1 aliphatic carbocycles. The van der Waals surface area contributed by atoms with Crippen LogP contribution in [0.3, 0.4) is 0 Å². The van der Waals surface area contributed by atoms with E-state index in [0.717, 1.165) is 31.2 Å². The van der Waals surface area contributed by atoms with Crippen molar-refractivity contribution in [1.29, 1.82) is 0 Å². The Bertz CT molecular complexity index is 596. The minimum atomic E-state index is -3.18. The van der Waals surface area contributed by atoms with Gasteiger partial charge in [-0.25, -0.2) is 8.42 Å². The Labute approximate surface area is 125 Å². The Morgan fingerprint density at radius 3 is 2.43 bits per heavy atom. The molecule has 2 unspecified atom stereocenters. The average Bonchev–Trinajstić information content (AvgIpc) is 2.45. The summed E-state index contributed by atoms with van der Waals surface area (Å²) in [4.78, 5) is 12.4. The number of hydrogen-bond donors (Lipinski definition) is 2. The van der Waals surface area contributed by atoms with E-state index < -0.39 is 9.84 Å². The van der Waals surface area contributed by atoms with Crippen molar-refractivity contribution in [3.63, 3.8) is 0 Å². The number of carbonyl (C=O) groups is 1. The fraction of sp³-hybridized carbons (Fsp3) is 0.533. The Balaban J connectivity index is 1.92. The van der Waals surface area contributed by atoms with Gasteiger partial charge >= 0.3 is 0 Å². The summed E-state index contributed by atoms with van der Waals surface area (Å²) in [6, 6.07) is 6.51. The molecule has 0 saturated heterocycles. The predicted molar refractivity (Wildman–Crippen MR) is 81.3 cm³/mol. The second-order valence-corrected chi connectivity index (χ2v) is 7.70. The van der Waals surface area contributed by atoms with Crippen LogP contribution in [0.4, 0.5) is 0 Å². The molecule has 6 heteroatoms. The van der Waals surface area contributed by atoms with Gasteiger partial charge in [-0.2, -0.15) is 0 Å². The summed E-state index contributed by atoms with van der Waals surface area (Å²) in [5.74, 6) is -0.108. The minimum absolute atomic E-state index is 0.00519. The third-order valence-electron chi connectivity index (χ3n) is 3.97. The molecule has 2 rings (SSSR count). The molecule has 0 aliphatic heterocycles. The Hall–Kier alpha value is -1.40. The van der Waals surface area contributed by atoms with Gasteiger partial charge in [-0.05, 0) is 30.5 Å². The van der Waals surface area contributed by atoms with Crippen LogP contribution < -0.4 is 11.1 Å². The van der Waals surface area contributed by atoms with Gasteiger partial charge in [0, 0.05) is 18.8 Å². The number of sulfone groups is 1. The fourth-order valence-electron chi connectivity index (χ4n) is 2.66. The van der Waals surface area contributed by atoms with Crippen molar-refractivity contribution in [3.8, 4) is 0 Å². The fourth-order valence-corrected chi connectivity index (χ4v) is 3.29. The second kappa shape index (κ2) is 6.58. The molecule has 1 aliphatic rings. The highest BCUT2D eigenvalue weighted by molar-refractivity contribution is 7.90. The highest BCUT2D eigenvalue weighted by Crippen LogP contribution is 2.23. The SMILES string of the molecule is CS(=O)(=O)c1ccc(CNC(=O)C2CCCCC2N)cc1. The van der Waals surface area contributed by atoms with Crippen LogP contribution in [0, 0.1) is 5.92 Å². The number of nitrogens with two attached hydrogens (primary N) is 1. The van der Waals surface area contributed by atoms with E-state index in [1.807, 2.05) is 0 Å². The zero-order valence-electron chi connectivity index (χ0n) is 12.2. The summed E-state index contributed by atoms with van der Waals surface area (Å²) in [5, 5.41) is 2.89. The average molecular weight is 310 g/mol. The van der Waals surface area contributed by atoms with Gasteiger partial charge in [0.1, 0.15) is 0 Å². The summed E-state index contributed by atoms with van der Waals surface area (Å²) in [6.45, 7) is 0.395. The summed E-state index contributed by atoms with van der Waals surface area (Å²) in [6.07, 6.45) is 5.07. The van der Waals surface area contributed by atoms with E-state index >= 15 is 0 Å². The summed E-state index contributed by atoms with van der Waals surface area (Å²) >= 11 is 0. The maximum Gasteiger partial charge on any atom is 0.224 e. The van der Waals surface area contributed by atoms with Crippen molar-refractivity contribution in [2.45, 2.75) is 43.2 Å². The number of hydrogen-bond acceptors (Lipinski definition) is 4. The lowest BCUT2D eigenvalue weighted by Crippen LogP contribution is -2.43. The first kappa shape index (κ1) is 16.0. The number of rotatable bonds is 4. The standard InChI is InChI=1S/C15H22N2O3S/c1-21(19,20)12-8-6-11(7-9-12)10-17-15(18)13-4-2-3-5-14(13)16/h6-9,13-14H,2-5,10,16H2,1H3,(H,17,18). The molecule has 0 radical (unpaired) electrons. The number of benzene rings is 1. The number of nitrogens with one attached hydrogen (secondary N) is 1. The Kier molecular flexibility index (Phi) is 5.00. The van der Waals surface area contributed by atoms with Gasteiger partial charge in [0.2, 0.25) is 5.91 Å². The molecule has 1 fully saturated rings. The van der Waals surface area contributed by atoms with Gasteiger partial charge in [0.25, 0.3) is 0 Å². The van der Waals surface area contributed by atoms with Crippen molar-refractivity contribution in [2.24, 2.45) is 11.7 Å². The topological polar surface area (TPSA) is 89.3 Å². The Morgan fingerprint density at radius 1 is 1.24 bits per heavy atom. The number of amides is 1. The first-order valence-electron chi connectivity index (χ1n) is 7.20. The highest BCUT2D eigenvalue weighted by Gasteiger charge is 2.27. The molecular formula is C15H22N2O3S. The highest BCUT2D eigenvalue weighted by atomic mass is 32.2. The quantitative estimate of drug-likeness (QED) is 0.875. The van der Waals surface area contributed by atoms with Gasteiger partial charge < -0.3 is 11.1 Å². The minimum Gasteiger partial charge on any atom is -0.352 e. The molecule has 0 heterocycles. The molecule has 5 nitrogen and oxygen atoms in total. The van der Waals surface area contributed by atoms with Crippen molar-refractivity contribution >= 4 is 15.7 Å². The van der Waals surface area contributed by atoms with E-state index in [1.165, 1.54) is 6.26 Å². The van der Waals surface area contributed by atoms with Crippen molar-refractivity contribution in [2.75, 3.05) is 6.26 Å². The lowest BCUT2D eigenvalue weighted by Gasteiger charge is -2.27. The smallest absolute Gasteiger partial charge is 0.224 e. The van der Waals surface area contributed by atoms with Crippen LogP contribution in [0.1, 0.15) is 31.2 Å². The molecule has 1 aromatic carbocycles. The molecule has 21 heavy (non-hydrogen) atoms. The molecular weight excluding hydrogens is 288 g/mol.